The lowest BCUT2D eigenvalue weighted by Crippen LogP contribution is -2.56. The van der Waals surface area contributed by atoms with Gasteiger partial charge in [-0.05, 0) is 88.5 Å². The number of piperidine rings is 1. The van der Waals surface area contributed by atoms with Crippen LogP contribution in [0.3, 0.4) is 0 Å². The zero-order chi connectivity index (χ0) is 49.7. The molecule has 4 aliphatic rings. The minimum atomic E-state index is -0.421. The number of fused-ring (bicyclic) bond motifs is 3. The van der Waals surface area contributed by atoms with Crippen molar-refractivity contribution in [2.24, 2.45) is 0 Å². The number of aliphatic hydroxyl groups is 1. The number of ether oxygens (including phenoxy) is 2. The Kier molecular flexibility index (Phi) is 14.9. The highest BCUT2D eigenvalue weighted by Gasteiger charge is 2.36. The summed E-state index contributed by atoms with van der Waals surface area (Å²) in [4.78, 5) is 44.9. The molecule has 10 rings (SSSR count). The molecule has 2 aromatic carbocycles. The SMILES string of the molecule is C=C(COc1ccncc1CNc1cc(N2CCCC[C@H]2CCO)nc2c(CC)cnn12)C(=O)N1CCN(c2nc(OC[C@@H]3CCCN3C)nc3c2CCN(c2cccc4cccc(Cl)c24)C3)C[C@@H]1CC#N. The van der Waals surface area contributed by atoms with Gasteiger partial charge in [-0.15, -0.1) is 0 Å². The minimum Gasteiger partial charge on any atom is -0.488 e. The molecule has 3 fully saturated rings. The molecule has 0 saturated carbocycles. The first-order chi connectivity index (χ1) is 35.2. The number of carbonyl (C=O) groups excluding carboxylic acids is 1. The minimum absolute atomic E-state index is 0.0477. The van der Waals surface area contributed by atoms with Crippen LogP contribution in [0.1, 0.15) is 74.3 Å². The standard InChI is InChI=1S/C54H64ClN13O4/c1-4-37-31-59-68-48(28-49(61-51(37)68)66-23-6-5-12-40(66)19-27-69)58-30-39-29-57-21-17-47(39)71-34-36(2)53(70)67-26-25-65(32-41(67)16-20-56)52-43-18-24-64(46-15-8-11-38-10-7-14-44(55)50(38)46)33-45(43)60-54(62-52)72-35-42-13-9-22-63(42)3/h7-8,10-11,14-15,17,21,28-29,31,40-42,58,69H,2,4-6,9,12-13,16,18-19,22-27,30,32-35H2,1,3H3/t40-,41-,42-/m0/s1. The van der Waals surface area contributed by atoms with Crippen molar-refractivity contribution < 1.29 is 19.4 Å². The summed E-state index contributed by atoms with van der Waals surface area (Å²) in [7, 11) is 2.13. The molecule has 1 amide bonds. The number of likely N-dealkylation sites (tertiary alicyclic amines) is 1. The van der Waals surface area contributed by atoms with Gasteiger partial charge in [0.05, 0.1) is 42.0 Å². The smallest absolute Gasteiger partial charge is 0.318 e. The number of pyridine rings is 1. The summed E-state index contributed by atoms with van der Waals surface area (Å²) >= 11 is 6.82. The van der Waals surface area contributed by atoms with Crippen LogP contribution in [-0.2, 0) is 30.7 Å². The number of aromatic nitrogens is 6. The molecule has 3 atom stereocenters. The highest BCUT2D eigenvalue weighted by Crippen LogP contribution is 2.38. The van der Waals surface area contributed by atoms with E-state index in [4.69, 9.17) is 41.1 Å². The molecular weight excluding hydrogens is 930 g/mol. The van der Waals surface area contributed by atoms with Crippen molar-refractivity contribution in [2.45, 2.75) is 95.9 Å². The number of nitrogens with one attached hydrogen (secondary N) is 1. The van der Waals surface area contributed by atoms with Gasteiger partial charge in [0.25, 0.3) is 5.91 Å². The van der Waals surface area contributed by atoms with Crippen LogP contribution in [-0.4, -0.2) is 135 Å². The molecule has 0 radical (unpaired) electrons. The number of hydrogen-bond acceptors (Lipinski definition) is 15. The fraction of sp³-hybridized carbons (Fsp3) is 0.463. The van der Waals surface area contributed by atoms with Gasteiger partial charge in [-0.3, -0.25) is 9.78 Å². The van der Waals surface area contributed by atoms with E-state index in [1.165, 1.54) is 0 Å². The maximum atomic E-state index is 14.3. The van der Waals surface area contributed by atoms with Gasteiger partial charge in [-0.1, -0.05) is 49.4 Å². The number of rotatable bonds is 17. The Morgan fingerprint density at radius 2 is 1.82 bits per heavy atom. The van der Waals surface area contributed by atoms with Gasteiger partial charge in [-0.25, -0.2) is 4.98 Å². The van der Waals surface area contributed by atoms with Crippen LogP contribution >= 0.6 is 11.6 Å². The Morgan fingerprint density at radius 3 is 2.64 bits per heavy atom. The summed E-state index contributed by atoms with van der Waals surface area (Å²) in [5.41, 5.74) is 5.92. The lowest BCUT2D eigenvalue weighted by atomic mass is 9.99. The molecule has 0 spiro atoms. The predicted molar refractivity (Wildman–Crippen MR) is 280 cm³/mol. The van der Waals surface area contributed by atoms with E-state index in [-0.39, 0.29) is 43.2 Å². The third kappa shape index (κ3) is 10.2. The largest absolute Gasteiger partial charge is 0.488 e. The number of nitriles is 1. The molecule has 0 aliphatic carbocycles. The Hall–Kier alpha value is -6.74. The molecular formula is C54H64ClN13O4. The van der Waals surface area contributed by atoms with Gasteiger partial charge in [0.15, 0.2) is 5.65 Å². The number of carbonyl (C=O) groups is 1. The molecule has 18 heteroatoms. The number of nitrogens with zero attached hydrogens (tertiary/aromatic N) is 12. The number of likely N-dealkylation sites (N-methyl/N-ethyl adjacent to an activating group) is 1. The first kappa shape index (κ1) is 48.9. The molecule has 376 valence electrons. The number of aliphatic hydroxyl groups excluding tert-OH is 1. The summed E-state index contributed by atoms with van der Waals surface area (Å²) in [5.74, 6) is 2.74. The Labute approximate surface area is 426 Å². The first-order valence-corrected chi connectivity index (χ1v) is 25.9. The summed E-state index contributed by atoms with van der Waals surface area (Å²) in [6.45, 7) is 11.7. The monoisotopic (exact) mass is 993 g/mol. The van der Waals surface area contributed by atoms with Crippen molar-refractivity contribution in [1.82, 2.24) is 39.3 Å². The van der Waals surface area contributed by atoms with Gasteiger partial charge in [0.1, 0.15) is 36.4 Å². The van der Waals surface area contributed by atoms with Crippen LogP contribution in [0.5, 0.6) is 11.8 Å². The van der Waals surface area contributed by atoms with Crippen molar-refractivity contribution in [3.05, 3.63) is 107 Å². The lowest BCUT2D eigenvalue weighted by molar-refractivity contribution is -0.130. The molecule has 72 heavy (non-hydrogen) atoms. The summed E-state index contributed by atoms with van der Waals surface area (Å²) in [5, 5.41) is 31.1. The van der Waals surface area contributed by atoms with E-state index < -0.39 is 6.04 Å². The molecule has 3 saturated heterocycles. The third-order valence-electron chi connectivity index (χ3n) is 15.0. The van der Waals surface area contributed by atoms with E-state index in [0.717, 1.165) is 120 Å². The average molecular weight is 995 g/mol. The van der Waals surface area contributed by atoms with Crippen LogP contribution in [0.15, 0.2) is 79.3 Å². The van der Waals surface area contributed by atoms with Gasteiger partial charge in [0.2, 0.25) is 0 Å². The number of anilines is 4. The van der Waals surface area contributed by atoms with Crippen molar-refractivity contribution in [2.75, 3.05) is 86.2 Å². The van der Waals surface area contributed by atoms with E-state index in [1.54, 1.807) is 23.4 Å². The second kappa shape index (κ2) is 21.9. The quantitative estimate of drug-likeness (QED) is 0.0874. The van der Waals surface area contributed by atoms with Crippen LogP contribution < -0.4 is 29.5 Å². The number of amides is 1. The summed E-state index contributed by atoms with van der Waals surface area (Å²) < 4.78 is 14.6. The fourth-order valence-electron chi connectivity index (χ4n) is 11.0. The van der Waals surface area contributed by atoms with Crippen molar-refractivity contribution in [3.63, 3.8) is 0 Å². The first-order valence-electron chi connectivity index (χ1n) is 25.5. The van der Waals surface area contributed by atoms with Gasteiger partial charge in [-0.2, -0.15) is 24.8 Å². The van der Waals surface area contributed by atoms with E-state index in [9.17, 15) is 15.2 Å². The number of hydrogen-bond donors (Lipinski definition) is 2. The molecule has 4 aliphatic heterocycles. The van der Waals surface area contributed by atoms with Crippen LogP contribution in [0, 0.1) is 11.3 Å². The van der Waals surface area contributed by atoms with E-state index in [1.807, 2.05) is 28.9 Å². The number of piperazine rings is 1. The molecule has 0 unspecified atom stereocenters. The predicted octanol–water partition coefficient (Wildman–Crippen LogP) is 7.24. The topological polar surface area (TPSA) is 177 Å². The second-order valence-corrected chi connectivity index (χ2v) is 19.8. The fourth-order valence-corrected chi connectivity index (χ4v) is 11.3. The molecule has 4 aromatic heterocycles. The lowest BCUT2D eigenvalue weighted by Gasteiger charge is -2.42. The van der Waals surface area contributed by atoms with Gasteiger partial charge < -0.3 is 44.4 Å². The molecule has 2 N–H and O–H groups in total. The molecule has 17 nitrogen and oxygen atoms in total. The second-order valence-electron chi connectivity index (χ2n) is 19.4. The van der Waals surface area contributed by atoms with Gasteiger partial charge in [0, 0.05) is 110 Å². The Bertz CT molecular complexity index is 2970. The van der Waals surface area contributed by atoms with E-state index >= 15 is 0 Å². The summed E-state index contributed by atoms with van der Waals surface area (Å²) in [6.07, 6.45) is 13.0. The Balaban J connectivity index is 0.834. The molecule has 0 bridgehead atoms. The number of halogens is 1. The highest BCUT2D eigenvalue weighted by atomic mass is 35.5. The maximum Gasteiger partial charge on any atom is 0.318 e. The number of benzene rings is 2. The maximum absolute atomic E-state index is 14.3. The zero-order valence-electron chi connectivity index (χ0n) is 41.3. The normalized spacial score (nSPS) is 19.4. The van der Waals surface area contributed by atoms with Crippen LogP contribution in [0.2, 0.25) is 5.02 Å². The van der Waals surface area contributed by atoms with Crippen LogP contribution in [0.25, 0.3) is 16.4 Å². The summed E-state index contributed by atoms with van der Waals surface area (Å²) in [6, 6.07) is 18.9. The van der Waals surface area contributed by atoms with Gasteiger partial charge >= 0.3 is 6.01 Å². The van der Waals surface area contributed by atoms with E-state index in [2.05, 4.69) is 80.8 Å². The number of aryl methyl sites for hydroxylation is 1. The van der Waals surface area contributed by atoms with E-state index in [0.29, 0.717) is 69.0 Å². The van der Waals surface area contributed by atoms with Crippen molar-refractivity contribution in [1.29, 1.82) is 5.26 Å². The Morgan fingerprint density at radius 1 is 0.958 bits per heavy atom. The van der Waals surface area contributed by atoms with Crippen LogP contribution in [0.4, 0.5) is 23.1 Å². The van der Waals surface area contributed by atoms with Crippen molar-refractivity contribution in [3.8, 4) is 17.8 Å². The third-order valence-corrected chi connectivity index (χ3v) is 15.3. The average Bonchev–Trinajstić information content (AvgIpc) is 4.03. The van der Waals surface area contributed by atoms with Crippen molar-refractivity contribution >= 4 is 57.1 Å². The molecule has 6 aromatic rings. The molecule has 8 heterocycles. The zero-order valence-corrected chi connectivity index (χ0v) is 42.1. The highest BCUT2D eigenvalue weighted by molar-refractivity contribution is 6.36.